The monoisotopic (exact) mass is 247 g/mol. The van der Waals surface area contributed by atoms with Gasteiger partial charge in [0.15, 0.2) is 11.5 Å². The zero-order valence-electron chi connectivity index (χ0n) is 9.02. The smallest absolute Gasteiger partial charge is 0.161 e. The van der Waals surface area contributed by atoms with Crippen LogP contribution in [0.15, 0.2) is 36.5 Å². The quantitative estimate of drug-likeness (QED) is 0.726. The molecule has 0 atom stereocenters. The number of hydrogen-bond donors (Lipinski definition) is 0. The van der Waals surface area contributed by atoms with Crippen molar-refractivity contribution in [2.45, 2.75) is 0 Å². The van der Waals surface area contributed by atoms with E-state index >= 15 is 0 Å². The van der Waals surface area contributed by atoms with Gasteiger partial charge in [0.05, 0.1) is 0 Å². The van der Waals surface area contributed by atoms with Crippen LogP contribution in [0.2, 0.25) is 5.15 Å². The minimum atomic E-state index is 0.484. The predicted molar refractivity (Wildman–Crippen MR) is 65.7 cm³/mol. The Morgan fingerprint density at radius 1 is 0.941 bits per heavy atom. The average molecular weight is 248 g/mol. The zero-order valence-corrected chi connectivity index (χ0v) is 9.78. The molecule has 2 aromatic rings. The number of hydrogen-bond acceptors (Lipinski definition) is 3. The maximum absolute atomic E-state index is 5.87. The van der Waals surface area contributed by atoms with Gasteiger partial charge in [0.2, 0.25) is 0 Å². The van der Waals surface area contributed by atoms with Gasteiger partial charge in [0.1, 0.15) is 18.4 Å². The van der Waals surface area contributed by atoms with Crippen LogP contribution in [0.3, 0.4) is 0 Å². The van der Waals surface area contributed by atoms with Crippen LogP contribution in [-0.2, 0) is 0 Å². The second-order valence-electron chi connectivity index (χ2n) is 3.73. The summed E-state index contributed by atoms with van der Waals surface area (Å²) in [5.41, 5.74) is 2.06. The average Bonchev–Trinajstić information content (AvgIpc) is 2.38. The lowest BCUT2D eigenvalue weighted by Crippen LogP contribution is -2.15. The van der Waals surface area contributed by atoms with Gasteiger partial charge in [0.25, 0.3) is 0 Å². The molecular weight excluding hydrogens is 238 g/mol. The molecule has 0 aliphatic carbocycles. The summed E-state index contributed by atoms with van der Waals surface area (Å²) in [6, 6.07) is 9.60. The van der Waals surface area contributed by atoms with Crippen LogP contribution in [0.1, 0.15) is 0 Å². The molecule has 0 bridgehead atoms. The number of ether oxygens (including phenoxy) is 2. The minimum absolute atomic E-state index is 0.484. The van der Waals surface area contributed by atoms with E-state index in [1.54, 1.807) is 6.20 Å². The molecule has 86 valence electrons. The van der Waals surface area contributed by atoms with Crippen molar-refractivity contribution in [3.63, 3.8) is 0 Å². The van der Waals surface area contributed by atoms with Gasteiger partial charge in [-0.2, -0.15) is 0 Å². The van der Waals surface area contributed by atoms with Crippen LogP contribution in [0.4, 0.5) is 0 Å². The Balaban J connectivity index is 2.04. The van der Waals surface area contributed by atoms with Gasteiger partial charge in [-0.25, -0.2) is 4.98 Å². The molecular formula is C13H10ClNO2. The van der Waals surface area contributed by atoms with E-state index in [9.17, 15) is 0 Å². The SMILES string of the molecule is Clc1cc(-c2ccc3c(c2)OCCO3)ccn1. The third kappa shape index (κ3) is 2.06. The van der Waals surface area contributed by atoms with Crippen molar-refractivity contribution in [1.82, 2.24) is 4.98 Å². The minimum Gasteiger partial charge on any atom is -0.486 e. The third-order valence-corrected chi connectivity index (χ3v) is 2.81. The van der Waals surface area contributed by atoms with Crippen molar-refractivity contribution in [2.75, 3.05) is 13.2 Å². The Labute approximate surface area is 104 Å². The maximum Gasteiger partial charge on any atom is 0.161 e. The van der Waals surface area contributed by atoms with Crippen molar-refractivity contribution >= 4 is 11.6 Å². The molecule has 0 fully saturated rings. The summed E-state index contributed by atoms with van der Waals surface area (Å²) >= 11 is 5.87. The molecule has 4 heteroatoms. The molecule has 0 amide bonds. The molecule has 17 heavy (non-hydrogen) atoms. The lowest BCUT2D eigenvalue weighted by atomic mass is 10.1. The molecule has 0 saturated heterocycles. The van der Waals surface area contributed by atoms with E-state index in [0.29, 0.717) is 18.4 Å². The number of fused-ring (bicyclic) bond motifs is 1. The number of aromatic nitrogens is 1. The van der Waals surface area contributed by atoms with E-state index < -0.39 is 0 Å². The van der Waals surface area contributed by atoms with Gasteiger partial charge in [-0.15, -0.1) is 0 Å². The molecule has 2 heterocycles. The molecule has 1 aromatic heterocycles. The van der Waals surface area contributed by atoms with E-state index in [-0.39, 0.29) is 0 Å². The first kappa shape index (κ1) is 10.4. The Morgan fingerprint density at radius 2 is 1.71 bits per heavy atom. The summed E-state index contributed by atoms with van der Waals surface area (Å²) in [7, 11) is 0. The van der Waals surface area contributed by atoms with E-state index in [2.05, 4.69) is 4.98 Å². The number of pyridine rings is 1. The second kappa shape index (κ2) is 4.26. The fraction of sp³-hybridized carbons (Fsp3) is 0.154. The Hall–Kier alpha value is -1.74. The fourth-order valence-corrected chi connectivity index (χ4v) is 1.98. The van der Waals surface area contributed by atoms with Crippen LogP contribution in [0, 0.1) is 0 Å². The maximum atomic E-state index is 5.87. The molecule has 1 aromatic carbocycles. The van der Waals surface area contributed by atoms with Crippen LogP contribution in [-0.4, -0.2) is 18.2 Å². The molecule has 0 spiro atoms. The second-order valence-corrected chi connectivity index (χ2v) is 4.11. The molecule has 0 radical (unpaired) electrons. The number of benzene rings is 1. The predicted octanol–water partition coefficient (Wildman–Crippen LogP) is 3.17. The Morgan fingerprint density at radius 3 is 2.53 bits per heavy atom. The first-order valence-electron chi connectivity index (χ1n) is 5.34. The Kier molecular flexibility index (Phi) is 2.61. The van der Waals surface area contributed by atoms with E-state index in [1.807, 2.05) is 30.3 Å². The number of rotatable bonds is 1. The van der Waals surface area contributed by atoms with E-state index in [0.717, 1.165) is 22.6 Å². The summed E-state index contributed by atoms with van der Waals surface area (Å²) < 4.78 is 11.0. The van der Waals surface area contributed by atoms with Crippen molar-refractivity contribution < 1.29 is 9.47 Å². The van der Waals surface area contributed by atoms with Gasteiger partial charge in [-0.3, -0.25) is 0 Å². The van der Waals surface area contributed by atoms with Gasteiger partial charge in [0, 0.05) is 6.20 Å². The largest absolute Gasteiger partial charge is 0.486 e. The highest BCUT2D eigenvalue weighted by atomic mass is 35.5. The lowest BCUT2D eigenvalue weighted by Gasteiger charge is -2.18. The summed E-state index contributed by atoms with van der Waals surface area (Å²) in [6.45, 7) is 1.20. The van der Waals surface area contributed by atoms with Gasteiger partial charge >= 0.3 is 0 Å². The van der Waals surface area contributed by atoms with E-state index in [4.69, 9.17) is 21.1 Å². The molecule has 1 aliphatic rings. The highest BCUT2D eigenvalue weighted by molar-refractivity contribution is 6.29. The van der Waals surface area contributed by atoms with Crippen molar-refractivity contribution in [3.8, 4) is 22.6 Å². The van der Waals surface area contributed by atoms with Crippen LogP contribution in [0.5, 0.6) is 11.5 Å². The highest BCUT2D eigenvalue weighted by Crippen LogP contribution is 2.34. The first-order chi connectivity index (χ1) is 8.33. The molecule has 0 N–H and O–H groups in total. The fourth-order valence-electron chi connectivity index (χ4n) is 1.80. The van der Waals surface area contributed by atoms with Crippen molar-refractivity contribution in [2.24, 2.45) is 0 Å². The number of halogens is 1. The third-order valence-electron chi connectivity index (χ3n) is 2.60. The molecule has 0 unspecified atom stereocenters. The molecule has 0 saturated carbocycles. The molecule has 3 nitrogen and oxygen atoms in total. The first-order valence-corrected chi connectivity index (χ1v) is 5.72. The van der Waals surface area contributed by atoms with Crippen LogP contribution < -0.4 is 9.47 Å². The van der Waals surface area contributed by atoms with Crippen LogP contribution in [0.25, 0.3) is 11.1 Å². The van der Waals surface area contributed by atoms with Gasteiger partial charge in [-0.1, -0.05) is 17.7 Å². The Bertz CT molecular complexity index is 557. The normalized spacial score (nSPS) is 13.5. The number of nitrogens with zero attached hydrogens (tertiary/aromatic N) is 1. The van der Waals surface area contributed by atoms with E-state index in [1.165, 1.54) is 0 Å². The molecule has 1 aliphatic heterocycles. The standard InChI is InChI=1S/C13H10ClNO2/c14-13-8-10(3-4-15-13)9-1-2-11-12(7-9)17-6-5-16-11/h1-4,7-8H,5-6H2. The summed E-state index contributed by atoms with van der Waals surface area (Å²) in [6.07, 6.45) is 1.69. The van der Waals surface area contributed by atoms with Gasteiger partial charge in [-0.05, 0) is 35.4 Å². The molecule has 3 rings (SSSR count). The summed E-state index contributed by atoms with van der Waals surface area (Å²) in [5.74, 6) is 1.57. The van der Waals surface area contributed by atoms with Gasteiger partial charge < -0.3 is 9.47 Å². The topological polar surface area (TPSA) is 31.4 Å². The highest BCUT2D eigenvalue weighted by Gasteiger charge is 2.12. The zero-order chi connectivity index (χ0) is 11.7. The lowest BCUT2D eigenvalue weighted by molar-refractivity contribution is 0.171. The van der Waals surface area contributed by atoms with Crippen LogP contribution >= 0.6 is 11.6 Å². The summed E-state index contributed by atoms with van der Waals surface area (Å²) in [5, 5.41) is 0.484. The van der Waals surface area contributed by atoms with Crippen molar-refractivity contribution in [3.05, 3.63) is 41.7 Å². The summed E-state index contributed by atoms with van der Waals surface area (Å²) in [4.78, 5) is 3.96. The van der Waals surface area contributed by atoms with Crippen molar-refractivity contribution in [1.29, 1.82) is 0 Å².